The minimum absolute atomic E-state index is 0.188. The Hall–Kier alpha value is -0.360. The highest BCUT2D eigenvalue weighted by molar-refractivity contribution is 8.00. The van der Waals surface area contributed by atoms with Crippen LogP contribution in [-0.2, 0) is 9.59 Å². The smallest absolute Gasteiger partial charge is 0.330 e. The van der Waals surface area contributed by atoms with Crippen LogP contribution in [0.3, 0.4) is 0 Å². The maximum absolute atomic E-state index is 11.6. The average molecular weight is 249 g/mol. The highest BCUT2D eigenvalue weighted by atomic mass is 32.2. The van der Waals surface area contributed by atoms with E-state index in [1.165, 1.54) is 11.8 Å². The van der Waals surface area contributed by atoms with E-state index in [0.717, 1.165) is 5.75 Å². The zero-order valence-corrected chi connectivity index (χ0v) is 10.4. The summed E-state index contributed by atoms with van der Waals surface area (Å²) >= 11 is 2.98. The van der Waals surface area contributed by atoms with E-state index in [1.54, 1.807) is 18.7 Å². The Morgan fingerprint density at radius 3 is 2.67 bits per heavy atom. The molecule has 1 aliphatic rings. The highest BCUT2D eigenvalue weighted by Gasteiger charge is 2.43. The van der Waals surface area contributed by atoms with E-state index in [9.17, 15) is 9.59 Å². The lowest BCUT2D eigenvalue weighted by Gasteiger charge is -2.25. The molecule has 0 aromatic heterocycles. The number of rotatable bonds is 4. The fourth-order valence-electron chi connectivity index (χ4n) is 1.33. The molecule has 0 aromatic rings. The van der Waals surface area contributed by atoms with Crippen LogP contribution in [-0.4, -0.2) is 45.5 Å². The number of carbonyl (C=O) groups excluding carboxylic acids is 1. The second kappa shape index (κ2) is 5.12. The second-order valence-corrected chi connectivity index (χ2v) is 5.84. The van der Waals surface area contributed by atoms with Gasteiger partial charge >= 0.3 is 5.97 Å². The maximum atomic E-state index is 11.6. The summed E-state index contributed by atoms with van der Waals surface area (Å²) < 4.78 is 0. The lowest BCUT2D eigenvalue weighted by atomic mass is 9.99. The van der Waals surface area contributed by atoms with Gasteiger partial charge in [-0.2, -0.15) is 23.5 Å². The van der Waals surface area contributed by atoms with E-state index in [0.29, 0.717) is 12.2 Å². The molecule has 2 N–H and O–H groups in total. The standard InChI is InChI=1S/C9H15NO3S2/c1-6(14-2)7(11)10-9(8(12)13)3-4-15-5-9/h6H,3-5H2,1-2H3,(H,10,11)(H,12,13). The Morgan fingerprint density at radius 1 is 1.60 bits per heavy atom. The first kappa shape index (κ1) is 12.7. The molecule has 86 valence electrons. The van der Waals surface area contributed by atoms with Crippen molar-refractivity contribution in [1.29, 1.82) is 0 Å². The molecule has 6 heteroatoms. The molecule has 0 aliphatic carbocycles. The number of nitrogens with one attached hydrogen (secondary N) is 1. The van der Waals surface area contributed by atoms with Crippen LogP contribution in [0.5, 0.6) is 0 Å². The summed E-state index contributed by atoms with van der Waals surface area (Å²) in [5.74, 6) is 0.150. The molecule has 0 bridgehead atoms. The number of carboxylic acids is 1. The SMILES string of the molecule is CSC(C)C(=O)NC1(C(=O)O)CCSC1. The normalized spacial score (nSPS) is 27.3. The van der Waals surface area contributed by atoms with Gasteiger partial charge in [-0.1, -0.05) is 0 Å². The molecule has 0 spiro atoms. The van der Waals surface area contributed by atoms with Crippen LogP contribution in [0.25, 0.3) is 0 Å². The monoisotopic (exact) mass is 249 g/mol. The Bertz CT molecular complexity index is 264. The molecule has 0 aromatic carbocycles. The van der Waals surface area contributed by atoms with Crippen molar-refractivity contribution in [3.05, 3.63) is 0 Å². The van der Waals surface area contributed by atoms with Crippen LogP contribution in [0, 0.1) is 0 Å². The third kappa shape index (κ3) is 2.81. The van der Waals surface area contributed by atoms with Crippen LogP contribution < -0.4 is 5.32 Å². The van der Waals surface area contributed by atoms with Crippen molar-refractivity contribution >= 4 is 35.4 Å². The topological polar surface area (TPSA) is 66.4 Å². The Labute approximate surface area is 97.6 Å². The van der Waals surface area contributed by atoms with E-state index in [-0.39, 0.29) is 11.2 Å². The molecule has 1 fully saturated rings. The summed E-state index contributed by atoms with van der Waals surface area (Å²) in [6, 6.07) is 0. The molecule has 1 saturated heterocycles. The Morgan fingerprint density at radius 2 is 2.27 bits per heavy atom. The summed E-state index contributed by atoms with van der Waals surface area (Å²) in [6.45, 7) is 1.78. The number of hydrogen-bond acceptors (Lipinski definition) is 4. The van der Waals surface area contributed by atoms with Gasteiger partial charge in [0.1, 0.15) is 5.54 Å². The summed E-state index contributed by atoms with van der Waals surface area (Å²) in [6.07, 6.45) is 2.35. The summed E-state index contributed by atoms with van der Waals surface area (Å²) in [7, 11) is 0. The van der Waals surface area contributed by atoms with E-state index >= 15 is 0 Å². The maximum Gasteiger partial charge on any atom is 0.330 e. The largest absolute Gasteiger partial charge is 0.479 e. The lowest BCUT2D eigenvalue weighted by Crippen LogP contribution is -2.56. The molecule has 2 unspecified atom stereocenters. The molecule has 1 aliphatic heterocycles. The molecule has 2 atom stereocenters. The fourth-order valence-corrected chi connectivity index (χ4v) is 2.93. The number of hydrogen-bond donors (Lipinski definition) is 2. The first-order valence-corrected chi connectivity index (χ1v) is 7.12. The first-order chi connectivity index (χ1) is 7.02. The average Bonchev–Trinajstić information content (AvgIpc) is 2.66. The van der Waals surface area contributed by atoms with E-state index in [1.807, 2.05) is 6.26 Å². The number of aliphatic carboxylic acids is 1. The summed E-state index contributed by atoms with van der Waals surface area (Å²) in [5, 5.41) is 11.6. The highest BCUT2D eigenvalue weighted by Crippen LogP contribution is 2.28. The quantitative estimate of drug-likeness (QED) is 0.772. The first-order valence-electron chi connectivity index (χ1n) is 4.68. The van der Waals surface area contributed by atoms with Crippen molar-refractivity contribution in [2.24, 2.45) is 0 Å². The molecule has 15 heavy (non-hydrogen) atoms. The van der Waals surface area contributed by atoms with Gasteiger partial charge in [0, 0.05) is 5.75 Å². The number of thioether (sulfide) groups is 2. The van der Waals surface area contributed by atoms with E-state index in [4.69, 9.17) is 5.11 Å². The molecule has 4 nitrogen and oxygen atoms in total. The van der Waals surface area contributed by atoms with Gasteiger partial charge in [0.2, 0.25) is 5.91 Å². The number of amides is 1. The van der Waals surface area contributed by atoms with Crippen LogP contribution in [0.4, 0.5) is 0 Å². The molecular weight excluding hydrogens is 234 g/mol. The van der Waals surface area contributed by atoms with Gasteiger partial charge in [-0.05, 0) is 25.4 Å². The second-order valence-electron chi connectivity index (χ2n) is 3.56. The number of carbonyl (C=O) groups is 2. The lowest BCUT2D eigenvalue weighted by molar-refractivity contribution is -0.146. The van der Waals surface area contributed by atoms with Crippen LogP contribution in [0.1, 0.15) is 13.3 Å². The number of carboxylic acid groups (broad SMARTS) is 1. The van der Waals surface area contributed by atoms with Gasteiger partial charge in [0.15, 0.2) is 0 Å². The van der Waals surface area contributed by atoms with E-state index in [2.05, 4.69) is 5.32 Å². The zero-order valence-electron chi connectivity index (χ0n) is 8.78. The molecule has 0 radical (unpaired) electrons. The van der Waals surface area contributed by atoms with Gasteiger partial charge in [-0.15, -0.1) is 0 Å². The minimum atomic E-state index is -1.04. The summed E-state index contributed by atoms with van der Waals surface area (Å²) in [4.78, 5) is 22.8. The Balaban J connectivity index is 2.67. The van der Waals surface area contributed by atoms with Crippen LogP contribution >= 0.6 is 23.5 Å². The van der Waals surface area contributed by atoms with Gasteiger partial charge < -0.3 is 10.4 Å². The van der Waals surface area contributed by atoms with Crippen molar-refractivity contribution in [3.63, 3.8) is 0 Å². The van der Waals surface area contributed by atoms with Gasteiger partial charge in [0.25, 0.3) is 0 Å². The minimum Gasteiger partial charge on any atom is -0.479 e. The van der Waals surface area contributed by atoms with Gasteiger partial charge in [-0.25, -0.2) is 4.79 Å². The van der Waals surface area contributed by atoms with Gasteiger partial charge in [-0.3, -0.25) is 4.79 Å². The molecule has 1 heterocycles. The van der Waals surface area contributed by atoms with Crippen molar-refractivity contribution < 1.29 is 14.7 Å². The predicted octanol–water partition coefficient (Wildman–Crippen LogP) is 0.814. The van der Waals surface area contributed by atoms with Crippen LogP contribution in [0.15, 0.2) is 0 Å². The van der Waals surface area contributed by atoms with Crippen molar-refractivity contribution in [3.8, 4) is 0 Å². The third-order valence-corrected chi connectivity index (χ3v) is 4.63. The Kier molecular flexibility index (Phi) is 4.33. The molecular formula is C9H15NO3S2. The molecule has 1 rings (SSSR count). The fraction of sp³-hybridized carbons (Fsp3) is 0.778. The molecule has 1 amide bonds. The van der Waals surface area contributed by atoms with Crippen LogP contribution in [0.2, 0.25) is 0 Å². The zero-order chi connectivity index (χ0) is 11.5. The van der Waals surface area contributed by atoms with Gasteiger partial charge in [0.05, 0.1) is 5.25 Å². The summed E-state index contributed by atoms with van der Waals surface area (Å²) in [5.41, 5.74) is -1.04. The van der Waals surface area contributed by atoms with Crippen molar-refractivity contribution in [2.45, 2.75) is 24.1 Å². The van der Waals surface area contributed by atoms with E-state index < -0.39 is 11.5 Å². The third-order valence-electron chi connectivity index (χ3n) is 2.52. The van der Waals surface area contributed by atoms with Crippen molar-refractivity contribution in [1.82, 2.24) is 5.32 Å². The van der Waals surface area contributed by atoms with Crippen molar-refractivity contribution in [2.75, 3.05) is 17.8 Å². The predicted molar refractivity (Wildman–Crippen MR) is 63.4 cm³/mol. The molecule has 0 saturated carbocycles.